The van der Waals surface area contributed by atoms with E-state index in [2.05, 4.69) is 15.5 Å². The van der Waals surface area contributed by atoms with E-state index in [4.69, 9.17) is 0 Å². The Balaban J connectivity index is 2.00. The summed E-state index contributed by atoms with van der Waals surface area (Å²) in [6, 6.07) is 8.11. The molecule has 0 saturated heterocycles. The summed E-state index contributed by atoms with van der Waals surface area (Å²) in [5.74, 6) is -0.0922. The second-order valence-corrected chi connectivity index (χ2v) is 5.05. The summed E-state index contributed by atoms with van der Waals surface area (Å²) in [5, 5.41) is 9.77. The standard InChI is InChI=1S/C15H20N4O/c1-10-14(11(2)18-17-10)15(20)16-9-12-5-7-13(8-6-12)19(3)4/h5-8H,9H2,1-4H3,(H,16,20)(H,17,18). The minimum atomic E-state index is -0.0922. The summed E-state index contributed by atoms with van der Waals surface area (Å²) in [6.45, 7) is 4.18. The van der Waals surface area contributed by atoms with Gasteiger partial charge in [0, 0.05) is 32.0 Å². The van der Waals surface area contributed by atoms with Gasteiger partial charge in [0.2, 0.25) is 0 Å². The lowest BCUT2D eigenvalue weighted by atomic mass is 10.1. The maximum absolute atomic E-state index is 12.1. The Morgan fingerprint density at radius 2 is 1.90 bits per heavy atom. The predicted molar refractivity (Wildman–Crippen MR) is 80.0 cm³/mol. The van der Waals surface area contributed by atoms with Crippen LogP contribution < -0.4 is 10.2 Å². The lowest BCUT2D eigenvalue weighted by Crippen LogP contribution is -2.23. The van der Waals surface area contributed by atoms with E-state index in [0.717, 1.165) is 22.6 Å². The zero-order valence-corrected chi connectivity index (χ0v) is 12.3. The number of aromatic amines is 1. The van der Waals surface area contributed by atoms with Crippen LogP contribution in [0.2, 0.25) is 0 Å². The Kier molecular flexibility index (Phi) is 4.08. The second-order valence-electron chi connectivity index (χ2n) is 5.05. The highest BCUT2D eigenvalue weighted by Gasteiger charge is 2.14. The largest absolute Gasteiger partial charge is 0.378 e. The molecule has 0 saturated carbocycles. The number of aryl methyl sites for hydroxylation is 2. The van der Waals surface area contributed by atoms with E-state index in [1.165, 1.54) is 0 Å². The van der Waals surface area contributed by atoms with Gasteiger partial charge in [0.25, 0.3) is 5.91 Å². The van der Waals surface area contributed by atoms with E-state index < -0.39 is 0 Å². The normalized spacial score (nSPS) is 10.4. The summed E-state index contributed by atoms with van der Waals surface area (Å²) in [7, 11) is 4.00. The third-order valence-corrected chi connectivity index (χ3v) is 3.26. The van der Waals surface area contributed by atoms with Crippen molar-refractivity contribution < 1.29 is 4.79 Å². The van der Waals surface area contributed by atoms with Crippen molar-refractivity contribution in [1.29, 1.82) is 0 Å². The van der Waals surface area contributed by atoms with E-state index >= 15 is 0 Å². The fraction of sp³-hybridized carbons (Fsp3) is 0.333. The molecular formula is C15H20N4O. The van der Waals surface area contributed by atoms with Crippen LogP contribution in [0.25, 0.3) is 0 Å². The Morgan fingerprint density at radius 1 is 1.25 bits per heavy atom. The number of aromatic nitrogens is 2. The van der Waals surface area contributed by atoms with E-state index in [1.54, 1.807) is 0 Å². The third kappa shape index (κ3) is 2.99. The van der Waals surface area contributed by atoms with Crippen LogP contribution in [0.15, 0.2) is 24.3 Å². The minimum absolute atomic E-state index is 0.0922. The topological polar surface area (TPSA) is 61.0 Å². The number of carbonyl (C=O) groups is 1. The number of anilines is 1. The predicted octanol–water partition coefficient (Wildman–Crippen LogP) is 2.02. The van der Waals surface area contributed by atoms with Gasteiger partial charge in [0.15, 0.2) is 0 Å². The monoisotopic (exact) mass is 272 g/mol. The van der Waals surface area contributed by atoms with Crippen LogP contribution in [0.4, 0.5) is 5.69 Å². The van der Waals surface area contributed by atoms with Gasteiger partial charge in [-0.1, -0.05) is 12.1 Å². The van der Waals surface area contributed by atoms with Gasteiger partial charge in [-0.05, 0) is 31.5 Å². The molecule has 5 heteroatoms. The van der Waals surface area contributed by atoms with Gasteiger partial charge >= 0.3 is 0 Å². The van der Waals surface area contributed by atoms with Crippen molar-refractivity contribution in [2.75, 3.05) is 19.0 Å². The van der Waals surface area contributed by atoms with E-state index in [9.17, 15) is 4.79 Å². The molecule has 2 rings (SSSR count). The molecule has 5 nitrogen and oxygen atoms in total. The van der Waals surface area contributed by atoms with Crippen molar-refractivity contribution in [2.45, 2.75) is 20.4 Å². The highest BCUT2D eigenvalue weighted by atomic mass is 16.1. The van der Waals surface area contributed by atoms with Gasteiger partial charge in [-0.3, -0.25) is 9.89 Å². The number of carbonyl (C=O) groups excluding carboxylic acids is 1. The number of H-pyrrole nitrogens is 1. The van der Waals surface area contributed by atoms with Crippen LogP contribution in [0.1, 0.15) is 27.3 Å². The molecule has 0 radical (unpaired) electrons. The molecule has 0 aliphatic carbocycles. The molecule has 0 atom stereocenters. The number of amides is 1. The highest BCUT2D eigenvalue weighted by molar-refractivity contribution is 5.96. The van der Waals surface area contributed by atoms with Crippen molar-refractivity contribution in [1.82, 2.24) is 15.5 Å². The smallest absolute Gasteiger partial charge is 0.255 e. The number of hydrogen-bond acceptors (Lipinski definition) is 3. The fourth-order valence-electron chi connectivity index (χ4n) is 2.07. The molecule has 2 N–H and O–H groups in total. The average Bonchev–Trinajstić information content (AvgIpc) is 2.76. The summed E-state index contributed by atoms with van der Waals surface area (Å²) < 4.78 is 0. The SMILES string of the molecule is Cc1n[nH]c(C)c1C(=O)NCc1ccc(N(C)C)cc1. The summed E-state index contributed by atoms with van der Waals surface area (Å²) in [4.78, 5) is 14.2. The van der Waals surface area contributed by atoms with Crippen molar-refractivity contribution in [3.63, 3.8) is 0 Å². The zero-order valence-electron chi connectivity index (χ0n) is 12.3. The zero-order chi connectivity index (χ0) is 14.7. The molecule has 0 fully saturated rings. The first-order valence-corrected chi connectivity index (χ1v) is 6.55. The van der Waals surface area contributed by atoms with Gasteiger partial charge in [0.1, 0.15) is 0 Å². The molecule has 1 heterocycles. The number of benzene rings is 1. The first-order valence-electron chi connectivity index (χ1n) is 6.55. The maximum atomic E-state index is 12.1. The van der Waals surface area contributed by atoms with Gasteiger partial charge < -0.3 is 10.2 Å². The van der Waals surface area contributed by atoms with Gasteiger partial charge in [-0.2, -0.15) is 5.10 Å². The first kappa shape index (κ1) is 14.1. The Labute approximate surface area is 119 Å². The van der Waals surface area contributed by atoms with Crippen LogP contribution >= 0.6 is 0 Å². The van der Waals surface area contributed by atoms with E-state index in [1.807, 2.05) is 57.1 Å². The molecule has 1 aromatic carbocycles. The third-order valence-electron chi connectivity index (χ3n) is 3.26. The lowest BCUT2D eigenvalue weighted by molar-refractivity contribution is 0.0950. The molecule has 0 spiro atoms. The lowest BCUT2D eigenvalue weighted by Gasteiger charge is -2.13. The minimum Gasteiger partial charge on any atom is -0.378 e. The number of nitrogens with zero attached hydrogens (tertiary/aromatic N) is 2. The van der Waals surface area contributed by atoms with Crippen LogP contribution in [0.3, 0.4) is 0 Å². The Morgan fingerprint density at radius 3 is 2.40 bits per heavy atom. The van der Waals surface area contributed by atoms with Crippen molar-refractivity contribution in [2.24, 2.45) is 0 Å². The van der Waals surface area contributed by atoms with Crippen LogP contribution in [0, 0.1) is 13.8 Å². The number of nitrogens with one attached hydrogen (secondary N) is 2. The first-order chi connectivity index (χ1) is 9.49. The molecule has 0 aliphatic heterocycles. The number of rotatable bonds is 4. The molecule has 106 valence electrons. The van der Waals surface area contributed by atoms with Crippen LogP contribution in [-0.4, -0.2) is 30.2 Å². The van der Waals surface area contributed by atoms with E-state index in [0.29, 0.717) is 12.1 Å². The van der Waals surface area contributed by atoms with Crippen molar-refractivity contribution in [3.05, 3.63) is 46.8 Å². The highest BCUT2D eigenvalue weighted by Crippen LogP contribution is 2.13. The van der Waals surface area contributed by atoms with Crippen LogP contribution in [-0.2, 0) is 6.54 Å². The summed E-state index contributed by atoms with van der Waals surface area (Å²) >= 11 is 0. The van der Waals surface area contributed by atoms with Crippen molar-refractivity contribution in [3.8, 4) is 0 Å². The van der Waals surface area contributed by atoms with Gasteiger partial charge in [-0.25, -0.2) is 0 Å². The van der Waals surface area contributed by atoms with Gasteiger partial charge in [-0.15, -0.1) is 0 Å². The molecule has 1 aromatic heterocycles. The van der Waals surface area contributed by atoms with E-state index in [-0.39, 0.29) is 5.91 Å². The molecule has 20 heavy (non-hydrogen) atoms. The quantitative estimate of drug-likeness (QED) is 0.895. The molecule has 2 aromatic rings. The van der Waals surface area contributed by atoms with Gasteiger partial charge in [0.05, 0.1) is 11.3 Å². The molecular weight excluding hydrogens is 252 g/mol. The fourth-order valence-corrected chi connectivity index (χ4v) is 2.07. The number of hydrogen-bond donors (Lipinski definition) is 2. The van der Waals surface area contributed by atoms with Crippen molar-refractivity contribution >= 4 is 11.6 Å². The maximum Gasteiger partial charge on any atom is 0.255 e. The molecule has 0 bridgehead atoms. The average molecular weight is 272 g/mol. The van der Waals surface area contributed by atoms with Crippen LogP contribution in [0.5, 0.6) is 0 Å². The molecule has 0 unspecified atom stereocenters. The molecule has 0 aliphatic rings. The second kappa shape index (κ2) is 5.77. The summed E-state index contributed by atoms with van der Waals surface area (Å²) in [5.41, 5.74) is 4.37. The summed E-state index contributed by atoms with van der Waals surface area (Å²) in [6.07, 6.45) is 0. The Bertz CT molecular complexity index is 579. The molecule has 1 amide bonds. The Hall–Kier alpha value is -2.30.